The summed E-state index contributed by atoms with van der Waals surface area (Å²) < 4.78 is 0. The van der Waals surface area contributed by atoms with Crippen molar-refractivity contribution in [3.63, 3.8) is 0 Å². The molecule has 0 saturated carbocycles. The second-order valence-corrected chi connectivity index (χ2v) is 5.92. The highest BCUT2D eigenvalue weighted by atomic mass is 16.2. The van der Waals surface area contributed by atoms with Gasteiger partial charge in [0.15, 0.2) is 0 Å². The molecule has 0 unspecified atom stereocenters. The summed E-state index contributed by atoms with van der Waals surface area (Å²) >= 11 is 0. The monoisotopic (exact) mass is 324 g/mol. The van der Waals surface area contributed by atoms with Gasteiger partial charge in [0.05, 0.1) is 13.0 Å². The molecule has 24 heavy (non-hydrogen) atoms. The van der Waals surface area contributed by atoms with Crippen LogP contribution in [0.15, 0.2) is 48.5 Å². The molecule has 0 atom stereocenters. The summed E-state index contributed by atoms with van der Waals surface area (Å²) in [6.07, 6.45) is 0.282. The lowest BCUT2D eigenvalue weighted by atomic mass is 10.1. The summed E-state index contributed by atoms with van der Waals surface area (Å²) in [6, 6.07) is 15.6. The van der Waals surface area contributed by atoms with Crippen molar-refractivity contribution in [3.8, 4) is 0 Å². The number of nitrogens with zero attached hydrogens (tertiary/aromatic N) is 1. The van der Waals surface area contributed by atoms with Crippen LogP contribution in [-0.4, -0.2) is 24.9 Å². The van der Waals surface area contributed by atoms with E-state index >= 15 is 0 Å². The molecule has 2 aromatic carbocycles. The van der Waals surface area contributed by atoms with Crippen LogP contribution in [-0.2, 0) is 16.0 Å². The molecule has 0 fully saturated rings. The fraction of sp³-hybridized carbons (Fsp3) is 0.300. The standard InChI is InChI=1S/C20H24N2O2/c1-4-22(18-7-5-6-16(3)12-18)20(24)14-21-19(23)13-17-10-8-15(2)9-11-17/h5-12H,4,13-14H2,1-3H3,(H,21,23). The van der Waals surface area contributed by atoms with Gasteiger partial charge < -0.3 is 10.2 Å². The zero-order valence-corrected chi connectivity index (χ0v) is 14.5. The molecule has 0 saturated heterocycles. The predicted octanol–water partition coefficient (Wildman–Crippen LogP) is 3.02. The highest BCUT2D eigenvalue weighted by Crippen LogP contribution is 2.15. The van der Waals surface area contributed by atoms with Crippen LogP contribution in [0.1, 0.15) is 23.6 Å². The molecule has 0 aliphatic carbocycles. The quantitative estimate of drug-likeness (QED) is 0.888. The molecule has 2 aromatic rings. The van der Waals surface area contributed by atoms with Crippen molar-refractivity contribution in [1.82, 2.24) is 5.32 Å². The number of likely N-dealkylation sites (N-methyl/N-ethyl adjacent to an activating group) is 1. The normalized spacial score (nSPS) is 10.3. The van der Waals surface area contributed by atoms with Crippen LogP contribution < -0.4 is 10.2 Å². The summed E-state index contributed by atoms with van der Waals surface area (Å²) in [4.78, 5) is 26.1. The Kier molecular flexibility index (Phi) is 6.13. The zero-order chi connectivity index (χ0) is 17.5. The molecular formula is C20H24N2O2. The lowest BCUT2D eigenvalue weighted by Crippen LogP contribution is -2.40. The van der Waals surface area contributed by atoms with Gasteiger partial charge in [0.25, 0.3) is 0 Å². The number of benzene rings is 2. The van der Waals surface area contributed by atoms with Crippen molar-refractivity contribution in [2.45, 2.75) is 27.2 Å². The van der Waals surface area contributed by atoms with Crippen LogP contribution >= 0.6 is 0 Å². The number of nitrogens with one attached hydrogen (secondary N) is 1. The number of carbonyl (C=O) groups excluding carboxylic acids is 2. The molecule has 0 aliphatic heterocycles. The molecule has 0 bridgehead atoms. The van der Waals surface area contributed by atoms with Gasteiger partial charge in [-0.05, 0) is 44.0 Å². The minimum absolute atomic E-state index is 0.00643. The van der Waals surface area contributed by atoms with E-state index in [-0.39, 0.29) is 24.8 Å². The van der Waals surface area contributed by atoms with Crippen molar-refractivity contribution in [2.24, 2.45) is 0 Å². The smallest absolute Gasteiger partial charge is 0.246 e. The van der Waals surface area contributed by atoms with E-state index in [2.05, 4.69) is 5.32 Å². The van der Waals surface area contributed by atoms with E-state index in [0.29, 0.717) is 6.54 Å². The van der Waals surface area contributed by atoms with Gasteiger partial charge in [-0.25, -0.2) is 0 Å². The van der Waals surface area contributed by atoms with Crippen LogP contribution in [0.25, 0.3) is 0 Å². The first-order valence-electron chi connectivity index (χ1n) is 8.19. The number of anilines is 1. The molecule has 126 valence electrons. The molecule has 2 amide bonds. The highest BCUT2D eigenvalue weighted by molar-refractivity contribution is 5.96. The van der Waals surface area contributed by atoms with Crippen LogP contribution in [0.4, 0.5) is 5.69 Å². The van der Waals surface area contributed by atoms with Gasteiger partial charge in [-0.1, -0.05) is 42.0 Å². The average Bonchev–Trinajstić information content (AvgIpc) is 2.56. The molecule has 4 heteroatoms. The van der Waals surface area contributed by atoms with Crippen molar-refractivity contribution in [3.05, 3.63) is 65.2 Å². The molecule has 0 heterocycles. The fourth-order valence-electron chi connectivity index (χ4n) is 2.52. The highest BCUT2D eigenvalue weighted by Gasteiger charge is 2.15. The molecule has 0 radical (unpaired) electrons. The van der Waals surface area contributed by atoms with Gasteiger partial charge in [-0.15, -0.1) is 0 Å². The van der Waals surface area contributed by atoms with Gasteiger partial charge in [-0.2, -0.15) is 0 Å². The molecule has 1 N–H and O–H groups in total. The molecule has 0 spiro atoms. The number of aryl methyl sites for hydroxylation is 2. The maximum atomic E-state index is 12.4. The van der Waals surface area contributed by atoms with E-state index in [9.17, 15) is 9.59 Å². The second kappa shape index (κ2) is 8.29. The fourth-order valence-corrected chi connectivity index (χ4v) is 2.52. The van der Waals surface area contributed by atoms with Crippen LogP contribution in [0, 0.1) is 13.8 Å². The summed E-state index contributed by atoms with van der Waals surface area (Å²) in [5, 5.41) is 2.71. The molecule has 2 rings (SSSR count). The largest absolute Gasteiger partial charge is 0.347 e. The Balaban J connectivity index is 1.91. The Morgan fingerprint density at radius 3 is 2.33 bits per heavy atom. The SMILES string of the molecule is CCN(C(=O)CNC(=O)Cc1ccc(C)cc1)c1cccc(C)c1. The molecule has 0 aromatic heterocycles. The molecule has 4 nitrogen and oxygen atoms in total. The first-order chi connectivity index (χ1) is 11.5. The van der Waals surface area contributed by atoms with Crippen LogP contribution in [0.2, 0.25) is 0 Å². The van der Waals surface area contributed by atoms with Gasteiger partial charge in [0.2, 0.25) is 11.8 Å². The minimum atomic E-state index is -0.146. The van der Waals surface area contributed by atoms with E-state index in [0.717, 1.165) is 22.4 Å². The van der Waals surface area contributed by atoms with Crippen molar-refractivity contribution < 1.29 is 9.59 Å². The summed E-state index contributed by atoms with van der Waals surface area (Å²) in [5.41, 5.74) is 4.06. The third kappa shape index (κ3) is 4.95. The number of amides is 2. The third-order valence-corrected chi connectivity index (χ3v) is 3.85. The Hall–Kier alpha value is -2.62. The van der Waals surface area contributed by atoms with E-state index in [4.69, 9.17) is 0 Å². The summed E-state index contributed by atoms with van der Waals surface area (Å²) in [6.45, 7) is 6.50. The Morgan fingerprint density at radius 1 is 1.00 bits per heavy atom. The topological polar surface area (TPSA) is 49.4 Å². The lowest BCUT2D eigenvalue weighted by Gasteiger charge is -2.21. The summed E-state index contributed by atoms with van der Waals surface area (Å²) in [5.74, 6) is -0.257. The first-order valence-corrected chi connectivity index (χ1v) is 8.19. The van der Waals surface area contributed by atoms with E-state index in [1.54, 1.807) is 4.90 Å². The van der Waals surface area contributed by atoms with E-state index < -0.39 is 0 Å². The van der Waals surface area contributed by atoms with Gasteiger partial charge >= 0.3 is 0 Å². The van der Waals surface area contributed by atoms with Crippen molar-refractivity contribution in [2.75, 3.05) is 18.0 Å². The van der Waals surface area contributed by atoms with Gasteiger partial charge in [-0.3, -0.25) is 9.59 Å². The van der Waals surface area contributed by atoms with E-state index in [1.807, 2.05) is 69.3 Å². The average molecular weight is 324 g/mol. The van der Waals surface area contributed by atoms with Crippen molar-refractivity contribution >= 4 is 17.5 Å². The summed E-state index contributed by atoms with van der Waals surface area (Å²) in [7, 11) is 0. The van der Waals surface area contributed by atoms with Crippen molar-refractivity contribution in [1.29, 1.82) is 0 Å². The number of rotatable bonds is 6. The first kappa shape index (κ1) is 17.7. The maximum absolute atomic E-state index is 12.4. The molecule has 0 aliphatic rings. The van der Waals surface area contributed by atoms with Gasteiger partial charge in [0, 0.05) is 12.2 Å². The number of hydrogen-bond acceptors (Lipinski definition) is 2. The Morgan fingerprint density at radius 2 is 1.71 bits per heavy atom. The van der Waals surface area contributed by atoms with E-state index in [1.165, 1.54) is 0 Å². The number of carbonyl (C=O) groups is 2. The third-order valence-electron chi connectivity index (χ3n) is 3.85. The number of hydrogen-bond donors (Lipinski definition) is 1. The van der Waals surface area contributed by atoms with Gasteiger partial charge in [0.1, 0.15) is 0 Å². The minimum Gasteiger partial charge on any atom is -0.347 e. The lowest BCUT2D eigenvalue weighted by molar-refractivity contribution is -0.124. The second-order valence-electron chi connectivity index (χ2n) is 5.92. The Labute approximate surface area is 143 Å². The predicted molar refractivity (Wildman–Crippen MR) is 97.1 cm³/mol. The Bertz CT molecular complexity index is 708. The van der Waals surface area contributed by atoms with Crippen LogP contribution in [0.5, 0.6) is 0 Å². The van der Waals surface area contributed by atoms with Crippen LogP contribution in [0.3, 0.4) is 0 Å². The zero-order valence-electron chi connectivity index (χ0n) is 14.5. The molecular weight excluding hydrogens is 300 g/mol. The maximum Gasteiger partial charge on any atom is 0.246 e.